The Bertz CT molecular complexity index is 536. The lowest BCUT2D eigenvalue weighted by Crippen LogP contribution is -2.52. The third-order valence-electron chi connectivity index (χ3n) is 4.40. The molecule has 0 radical (unpaired) electrons. The number of hydrogen-bond donors (Lipinski definition) is 1. The van der Waals surface area contributed by atoms with Gasteiger partial charge in [-0.3, -0.25) is 4.79 Å². The standard InChI is InChI=1S/C18H27N3O3/c1-2-20(18(23)24-14-15-8-4-3-5-9-15)13-16-10-6-7-11-21(16)17(22)12-19/h3-5,8-9,16H,2,6-7,10-14,19H2,1H3/t16-/m1/s1. The number of likely N-dealkylation sites (N-methyl/N-ethyl adjacent to an activating group) is 1. The molecular formula is C18H27N3O3. The summed E-state index contributed by atoms with van der Waals surface area (Å²) in [5.41, 5.74) is 6.46. The van der Waals surface area contributed by atoms with Crippen molar-refractivity contribution in [2.75, 3.05) is 26.2 Å². The molecule has 0 spiro atoms. The molecule has 0 aromatic heterocycles. The van der Waals surface area contributed by atoms with Crippen molar-refractivity contribution in [3.05, 3.63) is 35.9 Å². The molecule has 2 rings (SSSR count). The Morgan fingerprint density at radius 3 is 2.71 bits per heavy atom. The lowest BCUT2D eigenvalue weighted by Gasteiger charge is -2.38. The Balaban J connectivity index is 1.91. The zero-order valence-corrected chi connectivity index (χ0v) is 14.3. The number of likely N-dealkylation sites (tertiary alicyclic amines) is 1. The summed E-state index contributed by atoms with van der Waals surface area (Å²) in [5, 5.41) is 0. The first-order chi connectivity index (χ1) is 11.7. The van der Waals surface area contributed by atoms with Gasteiger partial charge in [-0.1, -0.05) is 30.3 Å². The Hall–Kier alpha value is -2.08. The molecule has 0 bridgehead atoms. The van der Waals surface area contributed by atoms with E-state index in [1.807, 2.05) is 42.2 Å². The van der Waals surface area contributed by atoms with Gasteiger partial charge in [0.15, 0.2) is 0 Å². The van der Waals surface area contributed by atoms with Crippen LogP contribution < -0.4 is 5.73 Å². The minimum atomic E-state index is -0.341. The minimum Gasteiger partial charge on any atom is -0.445 e. The summed E-state index contributed by atoms with van der Waals surface area (Å²) in [6.45, 7) is 3.96. The molecular weight excluding hydrogens is 306 g/mol. The number of rotatable bonds is 6. The SMILES string of the molecule is CCN(C[C@H]1CCCCN1C(=O)CN)C(=O)OCc1ccccc1. The van der Waals surface area contributed by atoms with Gasteiger partial charge in [0, 0.05) is 25.7 Å². The third-order valence-corrected chi connectivity index (χ3v) is 4.40. The Morgan fingerprint density at radius 2 is 2.04 bits per heavy atom. The zero-order chi connectivity index (χ0) is 17.4. The molecule has 0 saturated carbocycles. The van der Waals surface area contributed by atoms with Crippen molar-refractivity contribution >= 4 is 12.0 Å². The van der Waals surface area contributed by atoms with E-state index in [0.717, 1.165) is 31.4 Å². The first-order valence-corrected chi connectivity index (χ1v) is 8.60. The highest BCUT2D eigenvalue weighted by molar-refractivity contribution is 5.78. The van der Waals surface area contributed by atoms with Gasteiger partial charge in [-0.25, -0.2) is 4.79 Å². The van der Waals surface area contributed by atoms with E-state index in [0.29, 0.717) is 13.1 Å². The maximum Gasteiger partial charge on any atom is 0.410 e. The zero-order valence-electron chi connectivity index (χ0n) is 14.3. The van der Waals surface area contributed by atoms with Crippen LogP contribution in [0.4, 0.5) is 4.79 Å². The fourth-order valence-corrected chi connectivity index (χ4v) is 3.03. The lowest BCUT2D eigenvalue weighted by molar-refractivity contribution is -0.133. The lowest BCUT2D eigenvalue weighted by atomic mass is 10.0. The molecule has 1 saturated heterocycles. The van der Waals surface area contributed by atoms with Crippen LogP contribution >= 0.6 is 0 Å². The van der Waals surface area contributed by atoms with E-state index in [4.69, 9.17) is 10.5 Å². The quantitative estimate of drug-likeness (QED) is 0.864. The van der Waals surface area contributed by atoms with E-state index in [2.05, 4.69) is 0 Å². The average molecular weight is 333 g/mol. The van der Waals surface area contributed by atoms with Gasteiger partial charge < -0.3 is 20.3 Å². The van der Waals surface area contributed by atoms with Gasteiger partial charge in [-0.2, -0.15) is 0 Å². The molecule has 2 amide bonds. The number of piperidine rings is 1. The third kappa shape index (κ3) is 4.96. The largest absolute Gasteiger partial charge is 0.445 e. The Labute approximate surface area is 143 Å². The van der Waals surface area contributed by atoms with Gasteiger partial charge in [0.2, 0.25) is 5.91 Å². The second kappa shape index (κ2) is 9.27. The van der Waals surface area contributed by atoms with Crippen LogP contribution in [0.2, 0.25) is 0 Å². The molecule has 1 aromatic rings. The fourth-order valence-electron chi connectivity index (χ4n) is 3.03. The number of carbonyl (C=O) groups is 2. The minimum absolute atomic E-state index is 0.0150. The van der Waals surface area contributed by atoms with E-state index >= 15 is 0 Å². The summed E-state index contributed by atoms with van der Waals surface area (Å²) >= 11 is 0. The van der Waals surface area contributed by atoms with Crippen molar-refractivity contribution in [3.63, 3.8) is 0 Å². The summed E-state index contributed by atoms with van der Waals surface area (Å²) in [6, 6.07) is 9.63. The summed E-state index contributed by atoms with van der Waals surface area (Å²) < 4.78 is 5.40. The van der Waals surface area contributed by atoms with E-state index in [1.165, 1.54) is 0 Å². The molecule has 1 aliphatic heterocycles. The van der Waals surface area contributed by atoms with E-state index in [-0.39, 0.29) is 31.2 Å². The number of carbonyl (C=O) groups excluding carboxylic acids is 2. The van der Waals surface area contributed by atoms with Gasteiger partial charge in [-0.15, -0.1) is 0 Å². The van der Waals surface area contributed by atoms with Crippen LogP contribution in [0.5, 0.6) is 0 Å². The van der Waals surface area contributed by atoms with Gasteiger partial charge in [-0.05, 0) is 31.7 Å². The summed E-state index contributed by atoms with van der Waals surface area (Å²) in [4.78, 5) is 27.8. The van der Waals surface area contributed by atoms with Crippen LogP contribution in [-0.4, -0.2) is 54.0 Å². The van der Waals surface area contributed by atoms with E-state index in [9.17, 15) is 9.59 Å². The molecule has 2 N–H and O–H groups in total. The van der Waals surface area contributed by atoms with Gasteiger partial charge in [0.25, 0.3) is 0 Å². The summed E-state index contributed by atoms with van der Waals surface area (Å²) in [7, 11) is 0. The highest BCUT2D eigenvalue weighted by Gasteiger charge is 2.29. The second-order valence-corrected chi connectivity index (χ2v) is 6.02. The molecule has 1 aliphatic rings. The first-order valence-electron chi connectivity index (χ1n) is 8.60. The van der Waals surface area contributed by atoms with Crippen LogP contribution in [0.3, 0.4) is 0 Å². The smallest absolute Gasteiger partial charge is 0.410 e. The molecule has 24 heavy (non-hydrogen) atoms. The number of benzene rings is 1. The van der Waals surface area contributed by atoms with Crippen molar-refractivity contribution in [2.45, 2.75) is 38.8 Å². The number of hydrogen-bond acceptors (Lipinski definition) is 4. The summed E-state index contributed by atoms with van der Waals surface area (Å²) in [5.74, 6) is -0.0478. The molecule has 132 valence electrons. The van der Waals surface area contributed by atoms with Gasteiger partial charge in [0.1, 0.15) is 6.61 Å². The topological polar surface area (TPSA) is 75.9 Å². The van der Waals surface area contributed by atoms with E-state index < -0.39 is 0 Å². The number of amides is 2. The molecule has 0 aliphatic carbocycles. The first kappa shape index (κ1) is 18.3. The van der Waals surface area contributed by atoms with Crippen molar-refractivity contribution in [2.24, 2.45) is 5.73 Å². The van der Waals surface area contributed by atoms with Gasteiger partial charge in [0.05, 0.1) is 6.54 Å². The molecule has 6 nitrogen and oxygen atoms in total. The predicted octanol–water partition coefficient (Wildman–Crippen LogP) is 1.98. The Kier molecular flexibility index (Phi) is 7.06. The number of nitrogens with two attached hydrogens (primary N) is 1. The normalized spacial score (nSPS) is 17.4. The molecule has 6 heteroatoms. The van der Waals surface area contributed by atoms with E-state index in [1.54, 1.807) is 4.90 Å². The highest BCUT2D eigenvalue weighted by Crippen LogP contribution is 2.18. The molecule has 0 unspecified atom stereocenters. The average Bonchev–Trinajstić information content (AvgIpc) is 2.64. The fraction of sp³-hybridized carbons (Fsp3) is 0.556. The van der Waals surface area contributed by atoms with Crippen LogP contribution in [0.25, 0.3) is 0 Å². The Morgan fingerprint density at radius 1 is 1.29 bits per heavy atom. The highest BCUT2D eigenvalue weighted by atomic mass is 16.6. The molecule has 1 fully saturated rings. The van der Waals surface area contributed by atoms with Crippen molar-refractivity contribution in [1.29, 1.82) is 0 Å². The van der Waals surface area contributed by atoms with Crippen LogP contribution in [0, 0.1) is 0 Å². The monoisotopic (exact) mass is 333 g/mol. The van der Waals surface area contributed by atoms with Gasteiger partial charge >= 0.3 is 6.09 Å². The number of ether oxygens (including phenoxy) is 1. The van der Waals surface area contributed by atoms with Crippen molar-refractivity contribution < 1.29 is 14.3 Å². The molecule has 1 heterocycles. The maximum absolute atomic E-state index is 12.3. The summed E-state index contributed by atoms with van der Waals surface area (Å²) in [6.07, 6.45) is 2.61. The maximum atomic E-state index is 12.3. The van der Waals surface area contributed by atoms with Crippen molar-refractivity contribution in [1.82, 2.24) is 9.80 Å². The second-order valence-electron chi connectivity index (χ2n) is 6.02. The molecule has 1 atom stereocenters. The predicted molar refractivity (Wildman–Crippen MR) is 92.3 cm³/mol. The van der Waals surface area contributed by atoms with Crippen LogP contribution in [0.15, 0.2) is 30.3 Å². The van der Waals surface area contributed by atoms with Crippen LogP contribution in [-0.2, 0) is 16.1 Å². The van der Waals surface area contributed by atoms with Crippen molar-refractivity contribution in [3.8, 4) is 0 Å². The molecule has 1 aromatic carbocycles. The number of nitrogens with zero attached hydrogens (tertiary/aromatic N) is 2. The van der Waals surface area contributed by atoms with Crippen LogP contribution in [0.1, 0.15) is 31.7 Å².